The van der Waals surface area contributed by atoms with Crippen LogP contribution in [0.2, 0.25) is 0 Å². The lowest BCUT2D eigenvalue weighted by molar-refractivity contribution is 0.0967. The predicted molar refractivity (Wildman–Crippen MR) is 71.0 cm³/mol. The van der Waals surface area contributed by atoms with Gasteiger partial charge in [-0.3, -0.25) is 4.79 Å². The van der Waals surface area contributed by atoms with Crippen LogP contribution in [0.4, 0.5) is 0 Å². The van der Waals surface area contributed by atoms with Crippen molar-refractivity contribution in [3.05, 3.63) is 29.8 Å². The Labute approximate surface area is 108 Å². The molecule has 0 aliphatic rings. The summed E-state index contributed by atoms with van der Waals surface area (Å²) in [5.41, 5.74) is 6.52. The fourth-order valence-corrected chi connectivity index (χ4v) is 1.63. The molecule has 0 aromatic heterocycles. The fourth-order valence-electron chi connectivity index (χ4n) is 1.63. The van der Waals surface area contributed by atoms with E-state index >= 15 is 0 Å². The maximum Gasteiger partial charge on any atom is 0.164 e. The lowest BCUT2D eigenvalue weighted by atomic mass is 10.0. The van der Waals surface area contributed by atoms with Gasteiger partial charge < -0.3 is 15.2 Å². The molecule has 4 heteroatoms. The molecule has 4 nitrogen and oxygen atoms in total. The van der Waals surface area contributed by atoms with Crippen molar-refractivity contribution in [2.45, 2.75) is 25.8 Å². The van der Waals surface area contributed by atoms with Gasteiger partial charge in [0.2, 0.25) is 0 Å². The van der Waals surface area contributed by atoms with Crippen LogP contribution in [0.3, 0.4) is 0 Å². The normalized spacial score (nSPS) is 12.2. The maximum atomic E-state index is 11.9. The summed E-state index contributed by atoms with van der Waals surface area (Å²) >= 11 is 0. The minimum atomic E-state index is -0.149. The number of carbonyl (C=O) groups is 1. The molecule has 0 heterocycles. The first-order chi connectivity index (χ1) is 8.67. The zero-order valence-corrected chi connectivity index (χ0v) is 11.0. The second-order valence-electron chi connectivity index (χ2n) is 4.13. The molecular formula is C14H21NO3. The predicted octanol–water partition coefficient (Wildman–Crippen LogP) is 2.02. The van der Waals surface area contributed by atoms with Crippen molar-refractivity contribution in [1.82, 2.24) is 0 Å². The summed E-state index contributed by atoms with van der Waals surface area (Å²) in [6.45, 7) is 3.13. The van der Waals surface area contributed by atoms with E-state index < -0.39 is 0 Å². The average molecular weight is 251 g/mol. The van der Waals surface area contributed by atoms with Crippen molar-refractivity contribution in [1.29, 1.82) is 0 Å². The van der Waals surface area contributed by atoms with E-state index in [2.05, 4.69) is 0 Å². The summed E-state index contributed by atoms with van der Waals surface area (Å²) in [7, 11) is 1.63. The molecule has 1 aromatic carbocycles. The van der Waals surface area contributed by atoms with E-state index in [0.717, 1.165) is 5.75 Å². The van der Waals surface area contributed by atoms with E-state index in [1.54, 1.807) is 31.4 Å². The molecule has 0 saturated heterocycles. The van der Waals surface area contributed by atoms with Gasteiger partial charge in [0.05, 0.1) is 6.61 Å². The van der Waals surface area contributed by atoms with Crippen LogP contribution in [0, 0.1) is 0 Å². The van der Waals surface area contributed by atoms with Crippen molar-refractivity contribution >= 4 is 5.78 Å². The smallest absolute Gasteiger partial charge is 0.164 e. The van der Waals surface area contributed by atoms with Crippen LogP contribution in [0.1, 0.15) is 30.1 Å². The maximum absolute atomic E-state index is 11.9. The summed E-state index contributed by atoms with van der Waals surface area (Å²) in [6, 6.07) is 7.01. The topological polar surface area (TPSA) is 61.5 Å². The van der Waals surface area contributed by atoms with Crippen LogP contribution in [0.5, 0.6) is 5.75 Å². The van der Waals surface area contributed by atoms with Crippen LogP contribution in [-0.2, 0) is 4.74 Å². The summed E-state index contributed by atoms with van der Waals surface area (Å²) in [4.78, 5) is 11.9. The first-order valence-corrected chi connectivity index (χ1v) is 6.18. The molecule has 0 radical (unpaired) electrons. The van der Waals surface area contributed by atoms with Gasteiger partial charge in [-0.25, -0.2) is 0 Å². The molecule has 0 aliphatic carbocycles. The van der Waals surface area contributed by atoms with Crippen LogP contribution in [0.15, 0.2) is 24.3 Å². The van der Waals surface area contributed by atoms with Crippen molar-refractivity contribution in [2.75, 3.05) is 20.3 Å². The number of nitrogens with two attached hydrogens (primary N) is 1. The molecule has 1 atom stereocenters. The highest BCUT2D eigenvalue weighted by atomic mass is 16.5. The molecule has 0 amide bonds. The molecule has 18 heavy (non-hydrogen) atoms. The first-order valence-electron chi connectivity index (χ1n) is 6.18. The van der Waals surface area contributed by atoms with Gasteiger partial charge in [-0.15, -0.1) is 0 Å². The highest BCUT2D eigenvalue weighted by Crippen LogP contribution is 2.14. The van der Waals surface area contributed by atoms with E-state index in [0.29, 0.717) is 31.6 Å². The highest BCUT2D eigenvalue weighted by Gasteiger charge is 2.11. The third kappa shape index (κ3) is 4.85. The number of hydrogen-bond donors (Lipinski definition) is 1. The Kier molecular flexibility index (Phi) is 6.39. The Morgan fingerprint density at radius 1 is 1.33 bits per heavy atom. The number of Topliss-reactive ketones (excluding diaryl/α,β-unsaturated/α-hetero) is 1. The van der Waals surface area contributed by atoms with Crippen LogP contribution in [-0.4, -0.2) is 32.1 Å². The van der Waals surface area contributed by atoms with Gasteiger partial charge in [-0.1, -0.05) is 0 Å². The SMILES string of the molecule is CCOc1ccc(C(=O)CC(N)CCOC)cc1. The van der Waals surface area contributed by atoms with Gasteiger partial charge in [0, 0.05) is 31.7 Å². The lowest BCUT2D eigenvalue weighted by Gasteiger charge is -2.10. The van der Waals surface area contributed by atoms with Crippen LogP contribution in [0.25, 0.3) is 0 Å². The third-order valence-electron chi connectivity index (χ3n) is 2.63. The molecule has 0 saturated carbocycles. The number of benzene rings is 1. The van der Waals surface area contributed by atoms with Gasteiger partial charge in [0.25, 0.3) is 0 Å². The quantitative estimate of drug-likeness (QED) is 0.718. The van der Waals surface area contributed by atoms with Crippen LogP contribution >= 0.6 is 0 Å². The van der Waals surface area contributed by atoms with Gasteiger partial charge in [0.15, 0.2) is 5.78 Å². The van der Waals surface area contributed by atoms with Crippen molar-refractivity contribution in [3.63, 3.8) is 0 Å². The summed E-state index contributed by atoms with van der Waals surface area (Å²) in [5, 5.41) is 0. The van der Waals surface area contributed by atoms with Gasteiger partial charge in [0.1, 0.15) is 5.75 Å². The molecule has 0 spiro atoms. The zero-order valence-electron chi connectivity index (χ0n) is 11.0. The van der Waals surface area contributed by atoms with E-state index in [1.165, 1.54) is 0 Å². The van der Waals surface area contributed by atoms with E-state index in [1.807, 2.05) is 6.92 Å². The number of ether oxygens (including phenoxy) is 2. The minimum Gasteiger partial charge on any atom is -0.494 e. The molecule has 0 aliphatic heterocycles. The van der Waals surface area contributed by atoms with Crippen molar-refractivity contribution in [3.8, 4) is 5.75 Å². The summed E-state index contributed by atoms with van der Waals surface area (Å²) < 4.78 is 10.3. The molecular weight excluding hydrogens is 230 g/mol. The molecule has 1 aromatic rings. The molecule has 2 N–H and O–H groups in total. The lowest BCUT2D eigenvalue weighted by Crippen LogP contribution is -2.25. The second kappa shape index (κ2) is 7.84. The summed E-state index contributed by atoms with van der Waals surface area (Å²) in [5.74, 6) is 0.833. The Hall–Kier alpha value is -1.39. The minimum absolute atomic E-state index is 0.0571. The summed E-state index contributed by atoms with van der Waals surface area (Å²) in [6.07, 6.45) is 1.04. The van der Waals surface area contributed by atoms with Gasteiger partial charge in [-0.05, 0) is 37.6 Å². The number of methoxy groups -OCH3 is 1. The standard InChI is InChI=1S/C14H21NO3/c1-3-18-13-6-4-11(5-7-13)14(16)10-12(15)8-9-17-2/h4-7,12H,3,8-10,15H2,1-2H3. The molecule has 1 unspecified atom stereocenters. The van der Waals surface area contributed by atoms with Crippen LogP contribution < -0.4 is 10.5 Å². The zero-order chi connectivity index (χ0) is 13.4. The number of hydrogen-bond acceptors (Lipinski definition) is 4. The molecule has 0 bridgehead atoms. The molecule has 100 valence electrons. The van der Waals surface area contributed by atoms with E-state index in [4.69, 9.17) is 15.2 Å². The average Bonchev–Trinajstić information content (AvgIpc) is 2.37. The third-order valence-corrected chi connectivity index (χ3v) is 2.63. The second-order valence-corrected chi connectivity index (χ2v) is 4.13. The van der Waals surface area contributed by atoms with Gasteiger partial charge >= 0.3 is 0 Å². The first kappa shape index (κ1) is 14.7. The van der Waals surface area contributed by atoms with Crippen molar-refractivity contribution in [2.24, 2.45) is 5.73 Å². The Morgan fingerprint density at radius 2 is 2.00 bits per heavy atom. The Balaban J connectivity index is 2.50. The Bertz CT molecular complexity index is 362. The number of rotatable bonds is 8. The molecule has 1 rings (SSSR count). The monoisotopic (exact) mass is 251 g/mol. The molecule has 0 fully saturated rings. The van der Waals surface area contributed by atoms with E-state index in [9.17, 15) is 4.79 Å². The highest BCUT2D eigenvalue weighted by molar-refractivity contribution is 5.96. The fraction of sp³-hybridized carbons (Fsp3) is 0.500. The number of carbonyl (C=O) groups excluding carboxylic acids is 1. The van der Waals surface area contributed by atoms with Crippen molar-refractivity contribution < 1.29 is 14.3 Å². The largest absolute Gasteiger partial charge is 0.494 e. The van der Waals surface area contributed by atoms with Gasteiger partial charge in [-0.2, -0.15) is 0 Å². The Morgan fingerprint density at radius 3 is 2.56 bits per heavy atom. The number of ketones is 1. The van der Waals surface area contributed by atoms with E-state index in [-0.39, 0.29) is 11.8 Å².